The van der Waals surface area contributed by atoms with Crippen LogP contribution in [0.5, 0.6) is 11.5 Å². The maximum atomic E-state index is 12.5. The molecule has 1 saturated heterocycles. The van der Waals surface area contributed by atoms with E-state index in [1.165, 1.54) is 41.3 Å². The zero-order valence-corrected chi connectivity index (χ0v) is 21.8. The molecule has 0 aliphatic carbocycles. The Morgan fingerprint density at radius 3 is 2.52 bits per heavy atom. The molecule has 0 atom stereocenters. The summed E-state index contributed by atoms with van der Waals surface area (Å²) in [5.41, 5.74) is 2.17. The fourth-order valence-corrected chi connectivity index (χ4v) is 4.27. The third-order valence-corrected chi connectivity index (χ3v) is 6.11. The van der Waals surface area contributed by atoms with Crippen molar-refractivity contribution in [2.24, 2.45) is 15.2 Å². The lowest BCUT2D eigenvalue weighted by molar-refractivity contribution is -0.274. The van der Waals surface area contributed by atoms with Gasteiger partial charge in [0.2, 0.25) is 5.91 Å². The van der Waals surface area contributed by atoms with Crippen LogP contribution in [0.15, 0.2) is 88.0 Å². The summed E-state index contributed by atoms with van der Waals surface area (Å²) in [6.45, 7) is 2.32. The molecule has 1 aliphatic rings. The highest BCUT2D eigenvalue weighted by Crippen LogP contribution is 2.34. The SMILES string of the molecule is CCOc1ccccc1N1C(=O)CS/C1=N\N=C\c1ccc(C(=[N-])N=CNc2ccc(OC(F)(F)F)cc2)cc1. The first kappa shape index (κ1) is 28.4. The summed E-state index contributed by atoms with van der Waals surface area (Å²) in [5, 5.41) is 21.8. The normalized spacial score (nSPS) is 14.8. The van der Waals surface area contributed by atoms with Crippen LogP contribution < -0.4 is 19.7 Å². The standard InChI is InChI=1S/C27H22F3N6O3S/c1-2-38-23-6-4-3-5-22(23)36-24(37)16-40-26(36)35-34-15-18-7-9-19(10-8-18)25(31)33-17-32-20-11-13-21(14-12-20)39-27(28,29)30/h3-15,17H,2,16H2,1H3,(H-,31,32,33)/q-1/b34-15+,35-26-. The van der Waals surface area contributed by atoms with Crippen LogP contribution in [0.3, 0.4) is 0 Å². The van der Waals surface area contributed by atoms with Crippen LogP contribution in [0.1, 0.15) is 18.1 Å². The van der Waals surface area contributed by atoms with Crippen LogP contribution in [-0.4, -0.2) is 48.2 Å². The number of hydrogen-bond donors (Lipinski definition) is 1. The van der Waals surface area contributed by atoms with Crippen molar-refractivity contribution in [1.29, 1.82) is 0 Å². The number of aliphatic imine (C=N–C) groups is 1. The lowest BCUT2D eigenvalue weighted by Gasteiger charge is -2.18. The molecule has 1 amide bonds. The van der Waals surface area contributed by atoms with Crippen LogP contribution in [0, 0.1) is 0 Å². The number of amides is 1. The highest BCUT2D eigenvalue weighted by molar-refractivity contribution is 8.15. The van der Waals surface area contributed by atoms with Crippen molar-refractivity contribution in [2.75, 3.05) is 22.6 Å². The molecule has 3 aromatic carbocycles. The zero-order chi connectivity index (χ0) is 28.5. The number of nitrogens with one attached hydrogen (secondary N) is 1. The van der Waals surface area contributed by atoms with Gasteiger partial charge in [-0.25, -0.2) is 0 Å². The van der Waals surface area contributed by atoms with Crippen molar-refractivity contribution in [2.45, 2.75) is 13.3 Å². The molecule has 3 aromatic rings. The van der Waals surface area contributed by atoms with Gasteiger partial charge in [-0.05, 0) is 60.8 Å². The molecular formula is C27H22F3N6O3S-. The number of thioether (sulfide) groups is 1. The Hall–Kier alpha value is -4.65. The second kappa shape index (κ2) is 12.9. The summed E-state index contributed by atoms with van der Waals surface area (Å²) in [7, 11) is 0. The first-order chi connectivity index (χ1) is 19.2. The lowest BCUT2D eigenvalue weighted by atomic mass is 10.1. The molecule has 40 heavy (non-hydrogen) atoms. The molecule has 206 valence electrons. The number of rotatable bonds is 9. The maximum absolute atomic E-state index is 12.5. The van der Waals surface area contributed by atoms with Gasteiger partial charge in [0.1, 0.15) is 11.5 Å². The predicted octanol–water partition coefficient (Wildman–Crippen LogP) is 5.91. The van der Waals surface area contributed by atoms with Crippen molar-refractivity contribution in [1.82, 2.24) is 0 Å². The number of hydrogen-bond acceptors (Lipinski definition) is 6. The Morgan fingerprint density at radius 1 is 1.10 bits per heavy atom. The summed E-state index contributed by atoms with van der Waals surface area (Å²) >= 11 is 1.28. The Kier molecular flexibility index (Phi) is 9.17. The second-order valence-corrected chi connectivity index (χ2v) is 8.91. The fourth-order valence-electron chi connectivity index (χ4n) is 3.45. The number of amidine groups is 2. The van der Waals surface area contributed by atoms with E-state index in [1.54, 1.807) is 36.4 Å². The molecular weight excluding hydrogens is 545 g/mol. The van der Waals surface area contributed by atoms with E-state index < -0.39 is 6.36 Å². The highest BCUT2D eigenvalue weighted by atomic mass is 32.2. The van der Waals surface area contributed by atoms with Gasteiger partial charge in [0, 0.05) is 5.69 Å². The molecule has 1 heterocycles. The van der Waals surface area contributed by atoms with E-state index in [1.807, 2.05) is 19.1 Å². The van der Waals surface area contributed by atoms with Gasteiger partial charge in [-0.1, -0.05) is 54.0 Å². The van der Waals surface area contributed by atoms with Crippen molar-refractivity contribution < 1.29 is 27.4 Å². The number of anilines is 2. The molecule has 1 N–H and O–H groups in total. The van der Waals surface area contributed by atoms with E-state index in [-0.39, 0.29) is 23.2 Å². The third kappa shape index (κ3) is 7.69. The van der Waals surface area contributed by atoms with Gasteiger partial charge < -0.3 is 25.2 Å². The van der Waals surface area contributed by atoms with Crippen LogP contribution >= 0.6 is 11.8 Å². The molecule has 1 fully saturated rings. The van der Waals surface area contributed by atoms with Crippen molar-refractivity contribution in [3.8, 4) is 11.5 Å². The first-order valence-corrected chi connectivity index (χ1v) is 12.8. The topological polar surface area (TPSA) is 110 Å². The molecule has 4 rings (SSSR count). The number of nitrogens with zero attached hydrogens (tertiary/aromatic N) is 5. The molecule has 0 aromatic heterocycles. The maximum Gasteiger partial charge on any atom is 0.573 e. The number of halogens is 3. The minimum atomic E-state index is -4.76. The van der Waals surface area contributed by atoms with Crippen LogP contribution in [0.2, 0.25) is 0 Å². The average Bonchev–Trinajstić information content (AvgIpc) is 3.29. The Labute approximate surface area is 231 Å². The van der Waals surface area contributed by atoms with E-state index >= 15 is 0 Å². The smallest absolute Gasteiger partial charge is 0.492 e. The van der Waals surface area contributed by atoms with E-state index in [4.69, 9.17) is 4.74 Å². The quantitative estimate of drug-likeness (QED) is 0.196. The minimum absolute atomic E-state index is 0.121. The first-order valence-electron chi connectivity index (χ1n) is 11.8. The molecule has 0 bridgehead atoms. The van der Waals surface area contributed by atoms with Gasteiger partial charge in [-0.2, -0.15) is 5.10 Å². The monoisotopic (exact) mass is 567 g/mol. The Balaban J connectivity index is 1.35. The molecule has 9 nitrogen and oxygen atoms in total. The third-order valence-electron chi connectivity index (χ3n) is 5.20. The van der Waals surface area contributed by atoms with Crippen LogP contribution in [0.25, 0.3) is 5.41 Å². The lowest BCUT2D eigenvalue weighted by Crippen LogP contribution is -2.29. The van der Waals surface area contributed by atoms with Crippen molar-refractivity contribution >= 4 is 52.6 Å². The van der Waals surface area contributed by atoms with E-state index in [9.17, 15) is 23.4 Å². The largest absolute Gasteiger partial charge is 0.573 e. The fraction of sp³-hybridized carbons (Fsp3) is 0.148. The molecule has 0 unspecified atom stereocenters. The van der Waals surface area contributed by atoms with E-state index in [0.717, 1.165) is 12.1 Å². The number of carbonyl (C=O) groups excluding carboxylic acids is 1. The number of alkyl halides is 3. The number of para-hydroxylation sites is 2. The predicted molar refractivity (Wildman–Crippen MR) is 152 cm³/mol. The van der Waals surface area contributed by atoms with Gasteiger partial charge in [0.05, 0.1) is 24.3 Å². The van der Waals surface area contributed by atoms with Gasteiger partial charge in [0.25, 0.3) is 0 Å². The second-order valence-electron chi connectivity index (χ2n) is 7.97. The van der Waals surface area contributed by atoms with Crippen LogP contribution in [-0.2, 0) is 4.79 Å². The van der Waals surface area contributed by atoms with E-state index in [0.29, 0.717) is 40.0 Å². The summed E-state index contributed by atoms with van der Waals surface area (Å²) in [5.74, 6) is 0.0718. The highest BCUT2D eigenvalue weighted by Gasteiger charge is 2.32. The molecule has 0 radical (unpaired) electrons. The van der Waals surface area contributed by atoms with Gasteiger partial charge in [-0.15, -0.1) is 18.3 Å². The molecule has 1 aliphatic heterocycles. The zero-order valence-electron chi connectivity index (χ0n) is 21.0. The Bertz CT molecular complexity index is 1440. The minimum Gasteiger partial charge on any atom is -0.492 e. The number of ether oxygens (including phenoxy) is 2. The number of carbonyl (C=O) groups is 1. The van der Waals surface area contributed by atoms with Gasteiger partial charge in [-0.3, -0.25) is 9.69 Å². The van der Waals surface area contributed by atoms with Gasteiger partial charge >= 0.3 is 6.36 Å². The summed E-state index contributed by atoms with van der Waals surface area (Å²) in [4.78, 5) is 17.9. The average molecular weight is 568 g/mol. The van der Waals surface area contributed by atoms with Crippen molar-refractivity contribution in [3.63, 3.8) is 0 Å². The van der Waals surface area contributed by atoms with Gasteiger partial charge in [0.15, 0.2) is 5.17 Å². The molecule has 0 spiro atoms. The number of benzene rings is 3. The van der Waals surface area contributed by atoms with Crippen molar-refractivity contribution in [3.05, 3.63) is 89.3 Å². The summed E-state index contributed by atoms with van der Waals surface area (Å²) in [6.07, 6.45) is -2.04. The Morgan fingerprint density at radius 2 is 1.82 bits per heavy atom. The summed E-state index contributed by atoms with van der Waals surface area (Å²) < 4.78 is 46.2. The molecule has 13 heteroatoms. The summed E-state index contributed by atoms with van der Waals surface area (Å²) in [6, 6.07) is 18.9. The van der Waals surface area contributed by atoms with Crippen LogP contribution in [0.4, 0.5) is 24.5 Å². The van der Waals surface area contributed by atoms with E-state index in [2.05, 4.69) is 25.2 Å². The molecule has 0 saturated carbocycles.